The second-order valence-corrected chi connectivity index (χ2v) is 7.28. The predicted octanol–water partition coefficient (Wildman–Crippen LogP) is 1.08. The number of piperidine rings is 1. The van der Waals surface area contributed by atoms with Gasteiger partial charge in [-0.15, -0.1) is 0 Å². The number of carbonyl (C=O) groups excluding carboxylic acids is 2. The Morgan fingerprint density at radius 1 is 1.33 bits per heavy atom. The zero-order chi connectivity index (χ0) is 17.3. The van der Waals surface area contributed by atoms with Crippen LogP contribution in [0.15, 0.2) is 12.3 Å². The van der Waals surface area contributed by atoms with Gasteiger partial charge in [-0.3, -0.25) is 14.3 Å². The average molecular weight is 333 g/mol. The van der Waals surface area contributed by atoms with Crippen molar-refractivity contribution in [2.45, 2.75) is 37.6 Å². The molecule has 1 aromatic rings. The molecule has 0 aromatic carbocycles. The fourth-order valence-corrected chi connectivity index (χ4v) is 3.40. The van der Waals surface area contributed by atoms with Gasteiger partial charge in [-0.1, -0.05) is 0 Å². The molecule has 0 radical (unpaired) electrons. The van der Waals surface area contributed by atoms with Gasteiger partial charge in [0.15, 0.2) is 0 Å². The van der Waals surface area contributed by atoms with Crippen LogP contribution in [0.25, 0.3) is 0 Å². The van der Waals surface area contributed by atoms with Gasteiger partial charge in [0.05, 0.1) is 6.20 Å². The number of likely N-dealkylation sites (N-methyl/N-ethyl adjacent to an activating group) is 1. The average Bonchev–Trinajstić information content (AvgIpc) is 3.29. The van der Waals surface area contributed by atoms with Crippen molar-refractivity contribution in [3.05, 3.63) is 12.3 Å². The summed E-state index contributed by atoms with van der Waals surface area (Å²) < 4.78 is 1.73. The lowest BCUT2D eigenvalue weighted by Gasteiger charge is -2.42. The lowest BCUT2D eigenvalue weighted by molar-refractivity contribution is -0.139. The Morgan fingerprint density at radius 2 is 2.00 bits per heavy atom. The van der Waals surface area contributed by atoms with Crippen LogP contribution in [-0.4, -0.2) is 64.1 Å². The van der Waals surface area contributed by atoms with Crippen LogP contribution >= 0.6 is 0 Å². The molecule has 1 N–H and O–H groups in total. The highest BCUT2D eigenvalue weighted by atomic mass is 16.2. The van der Waals surface area contributed by atoms with Crippen molar-refractivity contribution < 1.29 is 9.59 Å². The van der Waals surface area contributed by atoms with Gasteiger partial charge in [-0.2, -0.15) is 5.10 Å². The molecule has 7 heteroatoms. The first-order chi connectivity index (χ1) is 11.4. The molecule has 2 heterocycles. The number of rotatable bonds is 5. The highest BCUT2D eigenvalue weighted by Crippen LogP contribution is 2.34. The molecule has 1 aliphatic carbocycles. The number of nitrogens with one attached hydrogen (secondary N) is 1. The van der Waals surface area contributed by atoms with Crippen molar-refractivity contribution in [1.82, 2.24) is 19.6 Å². The maximum Gasteiger partial charge on any atom is 0.247 e. The largest absolute Gasteiger partial charge is 0.356 e. The summed E-state index contributed by atoms with van der Waals surface area (Å²) in [7, 11) is 5.41. The van der Waals surface area contributed by atoms with E-state index in [4.69, 9.17) is 0 Å². The fraction of sp³-hybridized carbons (Fsp3) is 0.706. The molecule has 2 fully saturated rings. The molecule has 2 aliphatic rings. The number of aryl methyl sites for hydroxylation is 1. The van der Waals surface area contributed by atoms with Gasteiger partial charge >= 0.3 is 0 Å². The molecule has 0 atom stereocenters. The summed E-state index contributed by atoms with van der Waals surface area (Å²) >= 11 is 0. The van der Waals surface area contributed by atoms with Gasteiger partial charge in [-0.05, 0) is 31.6 Å². The Kier molecular flexibility index (Phi) is 4.51. The number of amides is 2. The first kappa shape index (κ1) is 16.8. The van der Waals surface area contributed by atoms with E-state index in [2.05, 4.69) is 10.4 Å². The third-order valence-electron chi connectivity index (χ3n) is 5.13. The minimum Gasteiger partial charge on any atom is -0.356 e. The van der Waals surface area contributed by atoms with Crippen molar-refractivity contribution in [3.63, 3.8) is 0 Å². The number of nitrogens with zero attached hydrogens (tertiary/aromatic N) is 4. The van der Waals surface area contributed by atoms with Gasteiger partial charge in [0.25, 0.3) is 0 Å². The van der Waals surface area contributed by atoms with Crippen LogP contribution < -0.4 is 5.32 Å². The minimum atomic E-state index is -0.673. The molecule has 7 nitrogen and oxygen atoms in total. The normalized spacial score (nSPS) is 19.9. The Labute approximate surface area is 143 Å². The summed E-state index contributed by atoms with van der Waals surface area (Å²) in [4.78, 5) is 28.7. The van der Waals surface area contributed by atoms with E-state index >= 15 is 0 Å². The molecule has 1 saturated carbocycles. The van der Waals surface area contributed by atoms with Crippen LogP contribution in [0.5, 0.6) is 0 Å². The molecule has 1 saturated heterocycles. The van der Waals surface area contributed by atoms with E-state index in [0.717, 1.165) is 5.82 Å². The summed E-state index contributed by atoms with van der Waals surface area (Å²) in [5, 5.41) is 7.57. The maximum absolute atomic E-state index is 12.9. The molecule has 3 rings (SSSR count). The topological polar surface area (TPSA) is 70.5 Å². The number of aromatic nitrogens is 2. The van der Waals surface area contributed by atoms with E-state index in [0.29, 0.717) is 38.3 Å². The van der Waals surface area contributed by atoms with Crippen LogP contribution in [0.1, 0.15) is 32.1 Å². The van der Waals surface area contributed by atoms with Crippen LogP contribution in [-0.2, 0) is 16.6 Å². The fourth-order valence-electron chi connectivity index (χ4n) is 3.40. The first-order valence-electron chi connectivity index (χ1n) is 8.67. The van der Waals surface area contributed by atoms with E-state index in [9.17, 15) is 9.59 Å². The van der Waals surface area contributed by atoms with Crippen LogP contribution in [0.2, 0.25) is 0 Å². The zero-order valence-electron chi connectivity index (χ0n) is 14.8. The van der Waals surface area contributed by atoms with E-state index in [-0.39, 0.29) is 11.8 Å². The predicted molar refractivity (Wildman–Crippen MR) is 91.4 cm³/mol. The number of hydrogen-bond donors (Lipinski definition) is 1. The molecule has 24 heavy (non-hydrogen) atoms. The lowest BCUT2D eigenvalue weighted by atomic mass is 9.85. The van der Waals surface area contributed by atoms with Gasteiger partial charge in [0.1, 0.15) is 11.4 Å². The zero-order valence-corrected chi connectivity index (χ0v) is 14.8. The second-order valence-electron chi connectivity index (χ2n) is 7.28. The summed E-state index contributed by atoms with van der Waals surface area (Å²) in [5.41, 5.74) is -0.673. The molecule has 0 bridgehead atoms. The maximum atomic E-state index is 12.9. The Bertz CT molecular complexity index is 612. The van der Waals surface area contributed by atoms with Crippen molar-refractivity contribution in [3.8, 4) is 0 Å². The monoisotopic (exact) mass is 333 g/mol. The van der Waals surface area contributed by atoms with E-state index in [1.165, 1.54) is 12.8 Å². The van der Waals surface area contributed by atoms with E-state index in [1.807, 2.05) is 18.0 Å². The van der Waals surface area contributed by atoms with Crippen molar-refractivity contribution in [2.75, 3.05) is 32.5 Å². The Morgan fingerprint density at radius 3 is 2.50 bits per heavy atom. The third-order valence-corrected chi connectivity index (χ3v) is 5.13. The van der Waals surface area contributed by atoms with E-state index < -0.39 is 5.54 Å². The standard InChI is InChI=1S/C17H27N5O2/c1-20(2)16(24)17(19-14-6-9-18-21(14)3)7-10-22(11-8-17)15(23)12-13-4-5-13/h6,9,13,19H,4-5,7-8,10-12H2,1-3H3. The Hall–Kier alpha value is -2.05. The lowest BCUT2D eigenvalue weighted by Crippen LogP contribution is -2.59. The highest BCUT2D eigenvalue weighted by molar-refractivity contribution is 5.89. The quantitative estimate of drug-likeness (QED) is 0.875. The van der Waals surface area contributed by atoms with Crippen LogP contribution in [0.3, 0.4) is 0 Å². The molecule has 0 unspecified atom stereocenters. The van der Waals surface area contributed by atoms with E-state index in [1.54, 1.807) is 29.9 Å². The first-order valence-corrected chi connectivity index (χ1v) is 8.67. The summed E-state index contributed by atoms with van der Waals surface area (Å²) in [6, 6.07) is 1.87. The van der Waals surface area contributed by atoms with Gasteiger partial charge < -0.3 is 15.1 Å². The summed E-state index contributed by atoms with van der Waals surface area (Å²) in [5.74, 6) is 1.71. The van der Waals surface area contributed by atoms with Gasteiger partial charge in [0, 0.05) is 46.7 Å². The SMILES string of the molecule is CN(C)C(=O)C1(Nc2ccnn2C)CCN(C(=O)CC2CC2)CC1. The van der Waals surface area contributed by atoms with Gasteiger partial charge in [0.2, 0.25) is 11.8 Å². The molecule has 2 amide bonds. The van der Waals surface area contributed by atoms with Crippen LogP contribution in [0.4, 0.5) is 5.82 Å². The smallest absolute Gasteiger partial charge is 0.247 e. The van der Waals surface area contributed by atoms with Crippen molar-refractivity contribution in [1.29, 1.82) is 0 Å². The van der Waals surface area contributed by atoms with Gasteiger partial charge in [-0.25, -0.2) is 0 Å². The summed E-state index contributed by atoms with van der Waals surface area (Å²) in [6.45, 7) is 1.24. The van der Waals surface area contributed by atoms with Crippen molar-refractivity contribution in [2.24, 2.45) is 13.0 Å². The molecule has 1 aliphatic heterocycles. The molecular formula is C17H27N5O2. The van der Waals surface area contributed by atoms with Crippen molar-refractivity contribution >= 4 is 17.6 Å². The third kappa shape index (κ3) is 3.39. The number of anilines is 1. The molecule has 1 aromatic heterocycles. The highest BCUT2D eigenvalue weighted by Gasteiger charge is 2.44. The van der Waals surface area contributed by atoms with Crippen LogP contribution in [0, 0.1) is 5.92 Å². The minimum absolute atomic E-state index is 0.0537. The molecular weight excluding hydrogens is 306 g/mol. The molecule has 132 valence electrons. The second kappa shape index (κ2) is 6.45. The number of hydrogen-bond acceptors (Lipinski definition) is 4. The molecule has 0 spiro atoms. The number of carbonyl (C=O) groups is 2. The Balaban J connectivity index is 1.71. The number of likely N-dealkylation sites (tertiary alicyclic amines) is 1. The summed E-state index contributed by atoms with van der Waals surface area (Å²) in [6.07, 6.45) is 5.99.